The molecule has 1 aromatic carbocycles. The van der Waals surface area contributed by atoms with Gasteiger partial charge in [0, 0.05) is 0 Å². The van der Waals surface area contributed by atoms with Gasteiger partial charge in [0.05, 0.1) is 10.6 Å². The predicted octanol–water partition coefficient (Wildman–Crippen LogP) is 2.40. The van der Waals surface area contributed by atoms with Gasteiger partial charge in [-0.3, -0.25) is 15.2 Å². The van der Waals surface area contributed by atoms with Crippen LogP contribution in [0.25, 0.3) is 0 Å². The third-order valence-electron chi connectivity index (χ3n) is 2.11. The van der Waals surface area contributed by atoms with E-state index in [4.69, 9.17) is 5.53 Å². The van der Waals surface area contributed by atoms with Gasteiger partial charge in [-0.15, -0.1) is 0 Å². The molecule has 2 N–H and O–H groups in total. The topological polar surface area (TPSA) is 111 Å². The molecular weight excluding hydrogens is 224 g/mol. The maximum absolute atomic E-state index is 10.8. The summed E-state index contributed by atoms with van der Waals surface area (Å²) in [5.41, 5.74) is 7.40. The van der Waals surface area contributed by atoms with Crippen molar-refractivity contribution in [3.05, 3.63) is 46.6 Å². The molecule has 0 radical (unpaired) electrons. The molecule has 0 aliphatic heterocycles. The minimum atomic E-state index is -0.583. The zero-order valence-corrected chi connectivity index (χ0v) is 8.57. The number of aromatic nitrogens is 2. The summed E-state index contributed by atoms with van der Waals surface area (Å²) in [6, 6.07) is 8.66. The van der Waals surface area contributed by atoms with Crippen molar-refractivity contribution in [1.82, 2.24) is 10.2 Å². The average molecular weight is 232 g/mol. The van der Waals surface area contributed by atoms with Crippen LogP contribution in [0, 0.1) is 15.6 Å². The number of hydrogen-bond acceptors (Lipinski definition) is 5. The minimum Gasteiger partial charge on any atom is -0.258 e. The summed E-state index contributed by atoms with van der Waals surface area (Å²) in [5, 5.41) is 21.1. The van der Waals surface area contributed by atoms with Crippen LogP contribution in [0.1, 0.15) is 0 Å². The Kier molecular flexibility index (Phi) is 2.77. The van der Waals surface area contributed by atoms with Crippen LogP contribution in [0.15, 0.2) is 41.8 Å². The largest absolute Gasteiger partial charge is 0.333 e. The molecule has 0 bridgehead atoms. The number of anilines is 2. The molecule has 2 rings (SSSR count). The summed E-state index contributed by atoms with van der Waals surface area (Å²) in [6.45, 7) is 0. The Morgan fingerprint density at radius 3 is 2.71 bits per heavy atom. The van der Waals surface area contributed by atoms with Gasteiger partial charge in [-0.25, -0.2) is 0 Å². The lowest BCUT2D eigenvalue weighted by molar-refractivity contribution is -0.384. The SMILES string of the molecule is N=NN(c1ccccc1)c1[nH]ncc1[N+](=O)[O-]. The monoisotopic (exact) mass is 232 g/mol. The Morgan fingerprint density at radius 1 is 1.41 bits per heavy atom. The van der Waals surface area contributed by atoms with Gasteiger partial charge in [-0.05, 0) is 12.1 Å². The molecule has 0 aliphatic rings. The van der Waals surface area contributed by atoms with Crippen molar-refractivity contribution in [3.63, 3.8) is 0 Å². The standard InChI is InChI=1S/C9H8N6O2/c10-13-14(7-4-2-1-3-5-7)9-8(15(16)17)6-11-12-9/h1-6,10H,(H,11,12). The van der Waals surface area contributed by atoms with E-state index < -0.39 is 4.92 Å². The van der Waals surface area contributed by atoms with Crippen LogP contribution in [-0.4, -0.2) is 15.1 Å². The van der Waals surface area contributed by atoms with Gasteiger partial charge < -0.3 is 0 Å². The maximum atomic E-state index is 10.8. The molecule has 0 saturated carbocycles. The van der Waals surface area contributed by atoms with Crippen LogP contribution in [-0.2, 0) is 0 Å². The smallest absolute Gasteiger partial charge is 0.258 e. The number of nitro groups is 1. The number of H-pyrrole nitrogens is 1. The fourth-order valence-electron chi connectivity index (χ4n) is 1.37. The molecule has 17 heavy (non-hydrogen) atoms. The van der Waals surface area contributed by atoms with Crippen molar-refractivity contribution >= 4 is 17.2 Å². The molecule has 0 saturated heterocycles. The quantitative estimate of drug-likeness (QED) is 0.478. The molecule has 8 nitrogen and oxygen atoms in total. The zero-order valence-electron chi connectivity index (χ0n) is 8.57. The summed E-state index contributed by atoms with van der Waals surface area (Å²) < 4.78 is 0. The molecule has 0 spiro atoms. The average Bonchev–Trinajstić information content (AvgIpc) is 2.81. The lowest BCUT2D eigenvalue weighted by Gasteiger charge is -2.13. The van der Waals surface area contributed by atoms with E-state index in [1.807, 2.05) is 0 Å². The number of hydrogen-bond donors (Lipinski definition) is 2. The van der Waals surface area contributed by atoms with E-state index in [1.165, 1.54) is 0 Å². The van der Waals surface area contributed by atoms with Gasteiger partial charge in [0.1, 0.15) is 6.20 Å². The first-order valence-corrected chi connectivity index (χ1v) is 4.64. The molecule has 0 fully saturated rings. The summed E-state index contributed by atoms with van der Waals surface area (Å²) in [7, 11) is 0. The third-order valence-corrected chi connectivity index (χ3v) is 2.11. The molecule has 2 aromatic rings. The predicted molar refractivity (Wildman–Crippen MR) is 59.0 cm³/mol. The highest BCUT2D eigenvalue weighted by molar-refractivity contribution is 5.66. The Morgan fingerprint density at radius 2 is 2.12 bits per heavy atom. The fraction of sp³-hybridized carbons (Fsp3) is 0. The van der Waals surface area contributed by atoms with Gasteiger partial charge in [0.15, 0.2) is 0 Å². The number of nitrogens with zero attached hydrogens (tertiary/aromatic N) is 4. The van der Waals surface area contributed by atoms with Crippen molar-refractivity contribution in [2.24, 2.45) is 5.22 Å². The van der Waals surface area contributed by atoms with E-state index in [-0.39, 0.29) is 11.5 Å². The van der Waals surface area contributed by atoms with Crippen LogP contribution >= 0.6 is 0 Å². The lowest BCUT2D eigenvalue weighted by Crippen LogP contribution is -2.09. The van der Waals surface area contributed by atoms with Gasteiger partial charge in [0.2, 0.25) is 5.82 Å². The van der Waals surface area contributed by atoms with Gasteiger partial charge in [0.25, 0.3) is 0 Å². The van der Waals surface area contributed by atoms with Crippen molar-refractivity contribution in [2.75, 3.05) is 5.01 Å². The minimum absolute atomic E-state index is 0.0520. The van der Waals surface area contributed by atoms with Crippen LogP contribution in [0.4, 0.5) is 17.2 Å². The first-order valence-electron chi connectivity index (χ1n) is 4.64. The van der Waals surface area contributed by atoms with E-state index in [0.717, 1.165) is 11.2 Å². The molecule has 86 valence electrons. The van der Waals surface area contributed by atoms with Crippen LogP contribution in [0.3, 0.4) is 0 Å². The molecule has 8 heteroatoms. The number of nitrogens with one attached hydrogen (secondary N) is 2. The van der Waals surface area contributed by atoms with E-state index >= 15 is 0 Å². The summed E-state index contributed by atoms with van der Waals surface area (Å²) in [6.07, 6.45) is 1.08. The van der Waals surface area contributed by atoms with E-state index in [0.29, 0.717) is 5.69 Å². The van der Waals surface area contributed by atoms with E-state index in [9.17, 15) is 10.1 Å². The van der Waals surface area contributed by atoms with Crippen molar-refractivity contribution in [1.29, 1.82) is 5.53 Å². The zero-order chi connectivity index (χ0) is 12.3. The molecule has 1 aromatic heterocycles. The van der Waals surface area contributed by atoms with Crippen LogP contribution < -0.4 is 5.01 Å². The van der Waals surface area contributed by atoms with Crippen LogP contribution in [0.5, 0.6) is 0 Å². The summed E-state index contributed by atoms with van der Waals surface area (Å²) in [5.74, 6) is 0.0520. The Balaban J connectivity index is 2.46. The number of rotatable bonds is 4. The van der Waals surface area contributed by atoms with Crippen molar-refractivity contribution < 1.29 is 4.92 Å². The normalized spacial score (nSPS) is 9.88. The lowest BCUT2D eigenvalue weighted by atomic mass is 10.3. The number of benzene rings is 1. The second-order valence-corrected chi connectivity index (χ2v) is 3.11. The molecule has 0 unspecified atom stereocenters. The Hall–Kier alpha value is -2.77. The summed E-state index contributed by atoms with van der Waals surface area (Å²) >= 11 is 0. The first-order chi connectivity index (χ1) is 8.24. The van der Waals surface area contributed by atoms with E-state index in [2.05, 4.69) is 15.4 Å². The number of aromatic amines is 1. The van der Waals surface area contributed by atoms with E-state index in [1.54, 1.807) is 30.3 Å². The highest BCUT2D eigenvalue weighted by Crippen LogP contribution is 2.31. The Labute approximate surface area is 95.5 Å². The Bertz CT molecular complexity index is 537. The summed E-state index contributed by atoms with van der Waals surface area (Å²) in [4.78, 5) is 10.2. The van der Waals surface area contributed by atoms with Crippen molar-refractivity contribution in [2.45, 2.75) is 0 Å². The molecule has 0 amide bonds. The second-order valence-electron chi connectivity index (χ2n) is 3.11. The molecule has 0 atom stereocenters. The van der Waals surface area contributed by atoms with Gasteiger partial charge in [-0.1, -0.05) is 23.4 Å². The molecular formula is C9H8N6O2. The molecule has 0 aliphatic carbocycles. The van der Waals surface area contributed by atoms with Crippen LogP contribution in [0.2, 0.25) is 0 Å². The number of para-hydroxylation sites is 1. The fourth-order valence-corrected chi connectivity index (χ4v) is 1.37. The highest BCUT2D eigenvalue weighted by atomic mass is 16.6. The second kappa shape index (κ2) is 4.39. The first kappa shape index (κ1) is 10.7. The maximum Gasteiger partial charge on any atom is 0.333 e. The van der Waals surface area contributed by atoms with Gasteiger partial charge >= 0.3 is 5.69 Å². The third kappa shape index (κ3) is 1.95. The highest BCUT2D eigenvalue weighted by Gasteiger charge is 2.23. The van der Waals surface area contributed by atoms with Crippen molar-refractivity contribution in [3.8, 4) is 0 Å². The molecule has 1 heterocycles. The van der Waals surface area contributed by atoms with Gasteiger partial charge in [-0.2, -0.15) is 15.6 Å².